The lowest BCUT2D eigenvalue weighted by molar-refractivity contribution is -0.0534. The maximum Gasteiger partial charge on any atom is 0.523 e. The Morgan fingerprint density at radius 3 is 1.39 bits per heavy atom. The van der Waals surface area contributed by atoms with Gasteiger partial charge < -0.3 is 91.4 Å². The molecule has 33 nitrogen and oxygen atoms in total. The van der Waals surface area contributed by atoms with E-state index in [1.54, 1.807) is 54.5 Å². The number of ether oxygens (including phenoxy) is 3. The van der Waals surface area contributed by atoms with Gasteiger partial charge in [0.25, 0.3) is 16.7 Å². The summed E-state index contributed by atoms with van der Waals surface area (Å²) in [6.07, 6.45) is 1.68. The summed E-state index contributed by atoms with van der Waals surface area (Å²) >= 11 is 0. The standard InChI is InChI=1S/C23H37N3O6Si.C18H27N2O7P.C17H25N2O7P.C6H12F3O6PS/c1-22(2,3)32-21(30)26-15(11-31-33(7,8)23(4,5)6)18(27)19(28)17(26)13-9-10-14-16(13)24-12-25-20(14)29;1-3-26-28(24,27-4-2)10-25-17-11(8-21)7-14(16(17)22)12-5-6-13-15(12)19-9-20-18(13)23;1-3-25-27(23,26-4-2)9-24-16-12(7-13(20)15(16)21)10-5-6-11-14(10)18-8-19-17(11)22;1-3-13-16(10,14-4-2)5-15-17(11,12)6(7,8)9/h9,12,15,17-19,27-28H,10-11H2,1-8H3,(H,24,25,29);5,9,11,14,16-17,21-22H,3-4,6-8,10H2,1-2H3,(H,19,20,23);5,8,12-13,15-16,20-21H,3-4,6-7,9H2,1-2H3,(H,18,19,22);3-5H2,1-2H3/t15-,17+,18-,19+;11-,14+,16+,17-;12-,13-,15+,16-;/m110./s1. The first kappa shape index (κ1) is 89.0. The Kier molecular flexibility index (Phi) is 31.6. The van der Waals surface area contributed by atoms with E-state index in [9.17, 15) is 85.1 Å². The highest BCUT2D eigenvalue weighted by Crippen LogP contribution is 2.53. The highest BCUT2D eigenvalue weighted by molar-refractivity contribution is 7.87. The molecule has 1 amide bonds. The van der Waals surface area contributed by atoms with Gasteiger partial charge >= 0.3 is 44.5 Å². The smallest absolute Gasteiger partial charge is 0.444 e. The monoisotopic (exact) mass is 1590 g/mol. The molecule has 9 rings (SSSR count). The van der Waals surface area contributed by atoms with Gasteiger partial charge in [0.15, 0.2) is 14.7 Å². The van der Waals surface area contributed by atoms with Crippen LogP contribution in [0.1, 0.15) is 130 Å². The summed E-state index contributed by atoms with van der Waals surface area (Å²) in [5.41, 5.74) is -1.78. The normalized spacial score (nSPS) is 24.7. The topological polar surface area (TPSA) is 466 Å². The number of alkyl halides is 3. The van der Waals surface area contributed by atoms with E-state index in [1.165, 1.54) is 37.7 Å². The molecule has 3 aromatic rings. The minimum Gasteiger partial charge on any atom is -0.444 e. The van der Waals surface area contributed by atoms with Crippen LogP contribution >= 0.6 is 22.8 Å². The molecule has 0 bridgehead atoms. The highest BCUT2D eigenvalue weighted by Gasteiger charge is 2.56. The largest absolute Gasteiger partial charge is 0.523 e. The number of aliphatic hydroxyl groups excluding tert-OH is 6. The minimum atomic E-state index is -5.80. The lowest BCUT2D eigenvalue weighted by Crippen LogP contribution is -2.51. The average Bonchev–Trinajstić information content (AvgIpc) is 1.60. The molecular formula is C64H101F3N7O26P3SSi. The second kappa shape index (κ2) is 37.2. The van der Waals surface area contributed by atoms with Crippen LogP contribution < -0.4 is 16.7 Å². The minimum absolute atomic E-state index is 0.0629. The number of aromatic amines is 3. The van der Waals surface area contributed by atoms with E-state index in [2.05, 4.69) is 77.0 Å². The Morgan fingerprint density at radius 1 is 0.590 bits per heavy atom. The molecule has 2 saturated carbocycles. The molecule has 9 N–H and O–H groups in total. The zero-order valence-electron chi connectivity index (χ0n) is 61.2. The van der Waals surface area contributed by atoms with Gasteiger partial charge in [-0.05, 0) is 124 Å². The maximum absolute atomic E-state index is 13.4. The van der Waals surface area contributed by atoms with Crippen molar-refractivity contribution in [3.63, 3.8) is 0 Å². The number of nitrogens with zero attached hydrogens (tertiary/aromatic N) is 4. The summed E-state index contributed by atoms with van der Waals surface area (Å²) in [6, 6.07) is -1.74. The number of allylic oxidation sites excluding steroid dienone is 3. The van der Waals surface area contributed by atoms with Crippen LogP contribution in [0.25, 0.3) is 16.7 Å². The average molecular weight is 1590 g/mol. The molecular weight excluding hydrogens is 1490 g/mol. The van der Waals surface area contributed by atoms with Gasteiger partial charge in [-0.3, -0.25) is 37.2 Å². The summed E-state index contributed by atoms with van der Waals surface area (Å²) in [5.74, 6) is -1.07. The first-order valence-electron chi connectivity index (χ1n) is 34.3. The van der Waals surface area contributed by atoms with Crippen molar-refractivity contribution in [2.75, 3.05) is 71.9 Å². The Morgan fingerprint density at radius 2 is 0.990 bits per heavy atom. The summed E-state index contributed by atoms with van der Waals surface area (Å²) < 4.78 is 151. The number of carbonyl (C=O) groups excluding carboxylic acids is 1. The second-order valence-electron chi connectivity index (χ2n) is 27.4. The molecule has 12 atom stereocenters. The summed E-state index contributed by atoms with van der Waals surface area (Å²) in [6.45, 7) is 25.9. The maximum atomic E-state index is 13.4. The van der Waals surface area contributed by atoms with Crippen molar-refractivity contribution in [3.8, 4) is 0 Å². The van der Waals surface area contributed by atoms with Crippen LogP contribution in [0, 0.1) is 17.8 Å². The number of halogens is 3. The van der Waals surface area contributed by atoms with Gasteiger partial charge in [0.05, 0.1) is 119 Å². The van der Waals surface area contributed by atoms with Crippen LogP contribution in [0.4, 0.5) is 18.0 Å². The number of hydrogen-bond acceptors (Lipinski definition) is 29. The van der Waals surface area contributed by atoms with Crippen LogP contribution in [0.5, 0.6) is 0 Å². The number of rotatable bonds is 28. The third-order valence-corrected chi connectivity index (χ3v) is 29.2. The SMILES string of the molecule is CC(C)(C)OC(=O)N1[C@H](CO[Si](C)(C)C(C)(C)C)[C@@H](O)[C@@H](O)[C@@H]1C1=CCc2c1nc[nH]c2=O.CCOP(=O)(COS(=O)(=O)C(F)(F)F)OCC.CCOP(=O)(CO[C@@H]1[C@@H](CO)C[C@@H](C2=CCc3c2nc[nH]c3=O)[C@@H]1O)OCC.CCOP(=O)(CO[C@@H]1[C@H](O)[C@@H](O)C[C@H]1C1=CCc2c1nc[nH]c2=O)OCC. The highest BCUT2D eigenvalue weighted by atomic mass is 32.2. The Labute approximate surface area is 607 Å². The number of hydrogen-bond donors (Lipinski definition) is 9. The van der Waals surface area contributed by atoms with Crippen molar-refractivity contribution in [2.45, 2.75) is 199 Å². The van der Waals surface area contributed by atoms with Crippen molar-refractivity contribution in [3.05, 3.63) is 102 Å². The van der Waals surface area contributed by atoms with Crippen LogP contribution in [0.2, 0.25) is 18.1 Å². The molecule has 3 fully saturated rings. The summed E-state index contributed by atoms with van der Waals surface area (Å²) in [7, 11) is -18.9. The number of aliphatic hydroxyl groups is 6. The Bertz CT molecular complexity index is 3970. The van der Waals surface area contributed by atoms with Gasteiger partial charge in [-0.2, -0.15) is 21.6 Å². The number of amides is 1. The van der Waals surface area contributed by atoms with Crippen LogP contribution in [-0.4, -0.2) is 226 Å². The summed E-state index contributed by atoms with van der Waals surface area (Å²) in [4.78, 5) is 71.3. The van der Waals surface area contributed by atoms with Crippen molar-refractivity contribution in [1.29, 1.82) is 0 Å². The first-order valence-corrected chi connectivity index (χ1v) is 43.8. The van der Waals surface area contributed by atoms with Gasteiger partial charge in [-0.15, -0.1) is 0 Å². The zero-order valence-corrected chi connectivity index (χ0v) is 65.7. The van der Waals surface area contributed by atoms with Crippen molar-refractivity contribution in [2.24, 2.45) is 17.8 Å². The van der Waals surface area contributed by atoms with E-state index in [0.717, 1.165) is 11.1 Å². The number of nitrogens with one attached hydrogen (secondary N) is 3. The zero-order chi connectivity index (χ0) is 78.6. The van der Waals surface area contributed by atoms with E-state index in [1.807, 2.05) is 12.2 Å². The summed E-state index contributed by atoms with van der Waals surface area (Å²) in [5, 5.41) is 63.3. The van der Waals surface area contributed by atoms with E-state index < -0.39 is 120 Å². The molecule has 594 valence electrons. The molecule has 0 aromatic carbocycles. The number of likely N-dealkylation sites (tertiary alicyclic amines) is 1. The van der Waals surface area contributed by atoms with Gasteiger partial charge in [0, 0.05) is 46.6 Å². The molecule has 3 aromatic heterocycles. The van der Waals surface area contributed by atoms with Crippen LogP contribution in [0.3, 0.4) is 0 Å². The fourth-order valence-corrected chi connectivity index (χ4v) is 18.4. The second-order valence-corrected chi connectivity index (χ2v) is 39.8. The molecule has 0 spiro atoms. The van der Waals surface area contributed by atoms with E-state index in [4.69, 9.17) is 36.7 Å². The molecule has 105 heavy (non-hydrogen) atoms. The quantitative estimate of drug-likeness (QED) is 0.0155. The van der Waals surface area contributed by atoms with Gasteiger partial charge in [0.2, 0.25) is 0 Å². The predicted octanol–water partition coefficient (Wildman–Crippen LogP) is 6.88. The molecule has 0 unspecified atom stereocenters. The predicted molar refractivity (Wildman–Crippen MR) is 378 cm³/mol. The van der Waals surface area contributed by atoms with Gasteiger partial charge in [-0.1, -0.05) is 39.0 Å². The molecule has 4 heterocycles. The van der Waals surface area contributed by atoms with Crippen molar-refractivity contribution >= 4 is 64.0 Å². The molecule has 1 aliphatic heterocycles. The fraction of sp³-hybridized carbons (Fsp3) is 0.703. The number of H-pyrrole nitrogens is 3. The van der Waals surface area contributed by atoms with E-state index >= 15 is 0 Å². The Balaban J connectivity index is 0.000000225. The molecule has 6 aliphatic rings. The fourth-order valence-electron chi connectivity index (χ4n) is 12.4. The molecule has 1 saturated heterocycles. The van der Waals surface area contributed by atoms with Crippen LogP contribution in [0.15, 0.2) is 51.6 Å². The third kappa shape index (κ3) is 22.0. The number of carbonyl (C=O) groups is 1. The molecule has 5 aliphatic carbocycles. The van der Waals surface area contributed by atoms with Gasteiger partial charge in [0.1, 0.15) is 36.6 Å². The number of aromatic nitrogens is 6. The van der Waals surface area contributed by atoms with Gasteiger partial charge in [-0.25, -0.2) is 19.7 Å². The Hall–Kier alpha value is -4.86. The van der Waals surface area contributed by atoms with Crippen LogP contribution in [-0.2, 0) is 93.0 Å². The van der Waals surface area contributed by atoms with E-state index in [0.29, 0.717) is 65.0 Å². The lowest BCUT2D eigenvalue weighted by atomic mass is 9.93. The van der Waals surface area contributed by atoms with E-state index in [-0.39, 0.29) is 111 Å². The molecule has 0 radical (unpaired) electrons. The molecule has 41 heteroatoms. The lowest BCUT2D eigenvalue weighted by Gasteiger charge is -2.39. The third-order valence-electron chi connectivity index (χ3n) is 18.2. The number of fused-ring (bicyclic) bond motifs is 3. The van der Waals surface area contributed by atoms with Crippen molar-refractivity contribution < 1.29 is 121 Å². The van der Waals surface area contributed by atoms with Crippen molar-refractivity contribution in [1.82, 2.24) is 34.8 Å². The first-order chi connectivity index (χ1) is 49.0.